The van der Waals surface area contributed by atoms with Crippen LogP contribution in [0.25, 0.3) is 117 Å². The average molecular weight is 896 g/mol. The third-order valence-electron chi connectivity index (χ3n) is 15.7. The molecule has 13 aromatic rings. The minimum atomic E-state index is 0.00205. The van der Waals surface area contributed by atoms with Gasteiger partial charge in [-0.05, 0) is 112 Å². The van der Waals surface area contributed by atoms with E-state index >= 15 is 0 Å². The van der Waals surface area contributed by atoms with Gasteiger partial charge in [0, 0.05) is 60.4 Å². The summed E-state index contributed by atoms with van der Waals surface area (Å²) in [5, 5.41) is 9.68. The first-order chi connectivity index (χ1) is 34.5. The van der Waals surface area contributed by atoms with E-state index in [4.69, 9.17) is 9.97 Å². The second kappa shape index (κ2) is 14.6. The fraction of sp³-hybridized carbons (Fsp3) is 0.0769. The van der Waals surface area contributed by atoms with Crippen molar-refractivity contribution in [3.8, 4) is 39.7 Å². The first-order valence-electron chi connectivity index (χ1n) is 24.4. The molecule has 0 radical (unpaired) electrons. The highest BCUT2D eigenvalue weighted by molar-refractivity contribution is 6.13. The van der Waals surface area contributed by atoms with Crippen molar-refractivity contribution in [1.82, 2.24) is 23.7 Å². The lowest BCUT2D eigenvalue weighted by Gasteiger charge is -2.29. The van der Waals surface area contributed by atoms with Crippen LogP contribution in [0.4, 0.5) is 0 Å². The van der Waals surface area contributed by atoms with Gasteiger partial charge in [-0.2, -0.15) is 0 Å². The van der Waals surface area contributed by atoms with Crippen LogP contribution in [0.3, 0.4) is 0 Å². The normalized spacial score (nSPS) is 15.9. The van der Waals surface area contributed by atoms with Crippen molar-refractivity contribution in [2.75, 3.05) is 0 Å². The van der Waals surface area contributed by atoms with Gasteiger partial charge in [0.2, 0.25) is 0 Å². The van der Waals surface area contributed by atoms with Gasteiger partial charge in [0.05, 0.1) is 38.4 Å². The number of rotatable bonds is 5. The van der Waals surface area contributed by atoms with Crippen molar-refractivity contribution in [3.63, 3.8) is 0 Å². The average Bonchev–Trinajstić information content (AvgIpc) is 4.11. The molecule has 4 aromatic heterocycles. The molecule has 70 heavy (non-hydrogen) atoms. The second-order valence-electron chi connectivity index (χ2n) is 19.8. The van der Waals surface area contributed by atoms with Crippen LogP contribution in [0.15, 0.2) is 212 Å². The number of hydrogen-bond donors (Lipinski definition) is 0. The van der Waals surface area contributed by atoms with Crippen molar-refractivity contribution in [1.29, 1.82) is 0 Å². The molecule has 0 spiro atoms. The van der Waals surface area contributed by atoms with E-state index in [1.54, 1.807) is 0 Å². The molecule has 4 heterocycles. The fourth-order valence-electron chi connectivity index (χ4n) is 12.5. The van der Waals surface area contributed by atoms with Gasteiger partial charge in [0.15, 0.2) is 5.82 Å². The smallest absolute Gasteiger partial charge is 0.162 e. The molecule has 0 aliphatic heterocycles. The fourth-order valence-corrected chi connectivity index (χ4v) is 12.5. The van der Waals surface area contributed by atoms with E-state index in [0.717, 1.165) is 44.7 Å². The number of aromatic nitrogens is 5. The molecule has 0 N–H and O–H groups in total. The van der Waals surface area contributed by atoms with Crippen molar-refractivity contribution in [3.05, 3.63) is 234 Å². The lowest BCUT2D eigenvalue weighted by Crippen LogP contribution is -2.37. The molecule has 2 aliphatic carbocycles. The monoisotopic (exact) mass is 895 g/mol. The molecule has 0 saturated carbocycles. The van der Waals surface area contributed by atoms with Gasteiger partial charge in [0.25, 0.3) is 0 Å². The van der Waals surface area contributed by atoms with E-state index in [0.29, 0.717) is 17.7 Å². The molecule has 0 amide bonds. The zero-order chi connectivity index (χ0) is 46.2. The molecule has 0 saturated heterocycles. The Hall–Kier alpha value is -8.80. The molecule has 0 fully saturated rings. The minimum Gasteiger partial charge on any atom is -0.310 e. The van der Waals surface area contributed by atoms with Crippen LogP contribution in [0, 0.1) is 5.92 Å². The maximum absolute atomic E-state index is 5.57. The molecule has 5 nitrogen and oxygen atoms in total. The number of para-hydroxylation sites is 5. The number of hydrogen-bond acceptors (Lipinski definition) is 2. The van der Waals surface area contributed by atoms with Crippen LogP contribution in [-0.4, -0.2) is 23.7 Å². The van der Waals surface area contributed by atoms with Crippen LogP contribution >= 0.6 is 0 Å². The van der Waals surface area contributed by atoms with Gasteiger partial charge in [0.1, 0.15) is 5.82 Å². The number of fused-ring (bicyclic) bond motifs is 13. The molecule has 2 aliphatic rings. The molecule has 330 valence electrons. The Kier molecular flexibility index (Phi) is 8.18. The van der Waals surface area contributed by atoms with E-state index in [1.165, 1.54) is 76.3 Å². The lowest BCUT2D eigenvalue weighted by molar-refractivity contribution is 0.421. The van der Waals surface area contributed by atoms with Crippen molar-refractivity contribution in [2.45, 2.75) is 25.2 Å². The highest BCUT2D eigenvalue weighted by Crippen LogP contribution is 2.52. The zero-order valence-electron chi connectivity index (χ0n) is 38.8. The summed E-state index contributed by atoms with van der Waals surface area (Å²) in [5.74, 6) is 2.23. The predicted molar refractivity (Wildman–Crippen MR) is 290 cm³/mol. The van der Waals surface area contributed by atoms with Gasteiger partial charge >= 0.3 is 0 Å². The SMILES string of the molecule is CC1(C)c2ccccc2C2C=c3c(n(-c4cccc(-c5nc(-n6c7ccccc7c7cc(-c8ccc9c(c8)c8ccccc8n9-c8ccccc8)ccc76)c6ccccc6n5)c4)c4ccccc34)=CC21. The van der Waals surface area contributed by atoms with Crippen molar-refractivity contribution >= 4 is 77.6 Å². The van der Waals surface area contributed by atoms with E-state index in [1.807, 2.05) is 0 Å². The van der Waals surface area contributed by atoms with E-state index in [-0.39, 0.29) is 5.41 Å². The van der Waals surface area contributed by atoms with Crippen LogP contribution in [0.2, 0.25) is 0 Å². The Balaban J connectivity index is 0.886. The molecule has 9 aromatic carbocycles. The molecule has 0 bridgehead atoms. The van der Waals surface area contributed by atoms with Crippen LogP contribution in [0.1, 0.15) is 30.9 Å². The summed E-state index contributed by atoms with van der Waals surface area (Å²) < 4.78 is 7.19. The summed E-state index contributed by atoms with van der Waals surface area (Å²) in [4.78, 5) is 10.9. The lowest BCUT2D eigenvalue weighted by atomic mass is 9.74. The van der Waals surface area contributed by atoms with E-state index in [2.05, 4.69) is 252 Å². The first-order valence-corrected chi connectivity index (χ1v) is 24.4. The van der Waals surface area contributed by atoms with Gasteiger partial charge in [-0.3, -0.25) is 4.57 Å². The van der Waals surface area contributed by atoms with Crippen LogP contribution < -0.4 is 10.6 Å². The molecule has 5 heteroatoms. The van der Waals surface area contributed by atoms with E-state index < -0.39 is 0 Å². The number of nitrogens with zero attached hydrogens (tertiary/aromatic N) is 5. The first kappa shape index (κ1) is 39.2. The van der Waals surface area contributed by atoms with E-state index in [9.17, 15) is 0 Å². The molecular weight excluding hydrogens is 851 g/mol. The van der Waals surface area contributed by atoms with Gasteiger partial charge in [-0.15, -0.1) is 0 Å². The Morgan fingerprint density at radius 2 is 0.971 bits per heavy atom. The summed E-state index contributed by atoms with van der Waals surface area (Å²) in [6.07, 6.45) is 5.11. The molecular formula is C65H45N5. The Morgan fingerprint density at radius 1 is 0.400 bits per heavy atom. The third kappa shape index (κ3) is 5.54. The van der Waals surface area contributed by atoms with Crippen molar-refractivity contribution < 1.29 is 0 Å². The maximum atomic E-state index is 5.57. The molecule has 2 unspecified atom stereocenters. The van der Waals surface area contributed by atoms with Gasteiger partial charge in [-0.25, -0.2) is 9.97 Å². The Labute approximate surface area is 404 Å². The highest BCUT2D eigenvalue weighted by Gasteiger charge is 2.45. The van der Waals surface area contributed by atoms with Crippen LogP contribution in [-0.2, 0) is 5.41 Å². The summed E-state index contributed by atoms with van der Waals surface area (Å²) in [6.45, 7) is 4.83. The summed E-state index contributed by atoms with van der Waals surface area (Å²) in [7, 11) is 0. The zero-order valence-corrected chi connectivity index (χ0v) is 38.8. The quantitative estimate of drug-likeness (QED) is 0.173. The second-order valence-corrected chi connectivity index (χ2v) is 19.8. The predicted octanol–water partition coefficient (Wildman–Crippen LogP) is 14.4. The summed E-state index contributed by atoms with van der Waals surface area (Å²) in [6, 6.07) is 77.2. The minimum absolute atomic E-state index is 0.00205. The maximum Gasteiger partial charge on any atom is 0.162 e. The Morgan fingerprint density at radius 3 is 1.71 bits per heavy atom. The summed E-state index contributed by atoms with van der Waals surface area (Å²) >= 11 is 0. The van der Waals surface area contributed by atoms with Crippen molar-refractivity contribution in [2.24, 2.45) is 5.92 Å². The topological polar surface area (TPSA) is 40.6 Å². The highest BCUT2D eigenvalue weighted by atomic mass is 15.1. The van der Waals surface area contributed by atoms with Gasteiger partial charge in [-0.1, -0.05) is 159 Å². The largest absolute Gasteiger partial charge is 0.310 e. The Bertz CT molecular complexity index is 4470. The molecule has 15 rings (SSSR count). The standard InChI is InChI=1S/C65H45N5/c1-65(2)54-26-11-6-21-45(54)50-38-53-48-24-9-14-29-58(48)69(62(53)39-55(50)65)44-20-16-17-42(35-44)63-66-56-27-12-7-25-49(56)64(67-63)70-59-30-15-10-23-47(59)52-37-41(32-34-61(52)70)40-31-33-60-51(36-40)46-22-8-13-28-57(46)68(60)43-18-4-3-5-19-43/h3-39,50,55H,1-2H3. The molecule has 2 atom stereocenters. The number of benzene rings is 9. The summed E-state index contributed by atoms with van der Waals surface area (Å²) in [5.41, 5.74) is 15.2. The third-order valence-corrected chi connectivity index (χ3v) is 15.7. The van der Waals surface area contributed by atoms with Crippen LogP contribution in [0.5, 0.6) is 0 Å². The van der Waals surface area contributed by atoms with Gasteiger partial charge < -0.3 is 9.13 Å².